The Balaban J connectivity index is 1.62. The van der Waals surface area contributed by atoms with Gasteiger partial charge in [0, 0.05) is 15.1 Å². The lowest BCUT2D eigenvalue weighted by atomic mass is 10.1. The summed E-state index contributed by atoms with van der Waals surface area (Å²) in [6.07, 6.45) is 0. The van der Waals surface area contributed by atoms with Gasteiger partial charge in [0.05, 0.1) is 6.61 Å². The second-order valence-corrected chi connectivity index (χ2v) is 10.5. The van der Waals surface area contributed by atoms with Crippen LogP contribution in [0, 0.1) is 24.0 Å². The van der Waals surface area contributed by atoms with Crippen molar-refractivity contribution in [1.29, 1.82) is 0 Å². The Labute approximate surface area is 228 Å². The molecule has 0 bridgehead atoms. The van der Waals surface area contributed by atoms with Gasteiger partial charge in [-0.25, -0.2) is 0 Å². The number of nitrogens with zero attached hydrogens (tertiary/aromatic N) is 4. The Morgan fingerprint density at radius 1 is 1.03 bits per heavy atom. The standard InChI is InChI=1S/C27H27BrN4O4S/c1-4-35-25-15-21(10-13-24(25)36-17-20-8-11-22(28)12-9-20)26(16-31(33)34)37-27-30-29-19(3)32(27)23-7-5-6-18(2)14-23/h5-15,26H,4,16-17H2,1-3H3/t26-/m0/s1. The molecule has 10 heteroatoms. The molecule has 0 radical (unpaired) electrons. The maximum atomic E-state index is 11.6. The molecule has 192 valence electrons. The van der Waals surface area contributed by atoms with Crippen LogP contribution >= 0.6 is 27.7 Å². The summed E-state index contributed by atoms with van der Waals surface area (Å²) >= 11 is 4.75. The van der Waals surface area contributed by atoms with Crippen molar-refractivity contribution in [2.24, 2.45) is 0 Å². The lowest BCUT2D eigenvalue weighted by Crippen LogP contribution is -2.12. The van der Waals surface area contributed by atoms with Gasteiger partial charge in [-0.3, -0.25) is 14.7 Å². The van der Waals surface area contributed by atoms with Crippen molar-refractivity contribution in [3.8, 4) is 17.2 Å². The zero-order valence-corrected chi connectivity index (χ0v) is 23.2. The first-order chi connectivity index (χ1) is 17.8. The Morgan fingerprint density at radius 3 is 2.51 bits per heavy atom. The minimum Gasteiger partial charge on any atom is -0.490 e. The van der Waals surface area contributed by atoms with E-state index < -0.39 is 5.25 Å². The molecule has 3 aromatic carbocycles. The zero-order valence-electron chi connectivity index (χ0n) is 20.8. The van der Waals surface area contributed by atoms with Crippen LogP contribution < -0.4 is 9.47 Å². The molecule has 0 aliphatic carbocycles. The third-order valence-electron chi connectivity index (χ3n) is 5.56. The van der Waals surface area contributed by atoms with E-state index in [9.17, 15) is 10.1 Å². The summed E-state index contributed by atoms with van der Waals surface area (Å²) < 4.78 is 14.8. The van der Waals surface area contributed by atoms with Gasteiger partial charge in [-0.1, -0.05) is 58.0 Å². The molecule has 37 heavy (non-hydrogen) atoms. The van der Waals surface area contributed by atoms with E-state index in [1.165, 1.54) is 11.8 Å². The van der Waals surface area contributed by atoms with Gasteiger partial charge in [-0.2, -0.15) is 0 Å². The average molecular weight is 584 g/mol. The summed E-state index contributed by atoms with van der Waals surface area (Å²) in [6.45, 7) is 6.30. The number of hydrogen-bond donors (Lipinski definition) is 0. The first kappa shape index (κ1) is 26.7. The summed E-state index contributed by atoms with van der Waals surface area (Å²) in [5.74, 6) is 1.83. The van der Waals surface area contributed by atoms with Crippen LogP contribution in [-0.4, -0.2) is 32.8 Å². The third-order valence-corrected chi connectivity index (χ3v) is 7.27. The first-order valence-corrected chi connectivity index (χ1v) is 13.4. The van der Waals surface area contributed by atoms with Crippen LogP contribution in [0.25, 0.3) is 5.69 Å². The van der Waals surface area contributed by atoms with E-state index >= 15 is 0 Å². The molecule has 0 aliphatic rings. The van der Waals surface area contributed by atoms with Gasteiger partial charge >= 0.3 is 0 Å². The molecule has 0 fully saturated rings. The van der Waals surface area contributed by atoms with Crippen LogP contribution in [0.2, 0.25) is 0 Å². The Bertz CT molecular complexity index is 1380. The lowest BCUT2D eigenvalue weighted by molar-refractivity contribution is -0.479. The fraction of sp³-hybridized carbons (Fsp3) is 0.259. The van der Waals surface area contributed by atoms with Crippen molar-refractivity contribution in [1.82, 2.24) is 14.8 Å². The van der Waals surface area contributed by atoms with Gasteiger partial charge in [0.2, 0.25) is 6.54 Å². The van der Waals surface area contributed by atoms with Gasteiger partial charge in [0.15, 0.2) is 16.7 Å². The van der Waals surface area contributed by atoms with E-state index in [1.54, 1.807) is 0 Å². The van der Waals surface area contributed by atoms with Crippen LogP contribution in [0.1, 0.15) is 34.7 Å². The molecule has 0 unspecified atom stereocenters. The maximum absolute atomic E-state index is 11.6. The van der Waals surface area contributed by atoms with Gasteiger partial charge in [-0.05, 0) is 73.9 Å². The van der Waals surface area contributed by atoms with Gasteiger partial charge in [0.1, 0.15) is 17.7 Å². The molecule has 0 saturated carbocycles. The molecule has 0 N–H and O–H groups in total. The summed E-state index contributed by atoms with van der Waals surface area (Å²) in [4.78, 5) is 11.3. The molecule has 0 saturated heterocycles. The highest BCUT2D eigenvalue weighted by Gasteiger charge is 2.25. The number of rotatable bonds is 11. The summed E-state index contributed by atoms with van der Waals surface area (Å²) in [5, 5.41) is 20.3. The largest absolute Gasteiger partial charge is 0.490 e. The van der Waals surface area contributed by atoms with E-state index in [0.717, 1.165) is 26.9 Å². The van der Waals surface area contributed by atoms with E-state index in [-0.39, 0.29) is 11.5 Å². The maximum Gasteiger partial charge on any atom is 0.220 e. The highest BCUT2D eigenvalue weighted by Crippen LogP contribution is 2.39. The predicted octanol–water partition coefficient (Wildman–Crippen LogP) is 6.73. The van der Waals surface area contributed by atoms with Crippen LogP contribution in [-0.2, 0) is 6.61 Å². The number of ether oxygens (including phenoxy) is 2. The molecule has 8 nitrogen and oxygen atoms in total. The van der Waals surface area contributed by atoms with E-state index in [4.69, 9.17) is 9.47 Å². The number of thioether (sulfide) groups is 1. The summed E-state index contributed by atoms with van der Waals surface area (Å²) in [6, 6.07) is 21.4. The average Bonchev–Trinajstić information content (AvgIpc) is 3.23. The minimum absolute atomic E-state index is 0.283. The van der Waals surface area contributed by atoms with Crippen molar-refractivity contribution in [2.45, 2.75) is 37.8 Å². The van der Waals surface area contributed by atoms with Crippen molar-refractivity contribution < 1.29 is 14.4 Å². The molecule has 0 amide bonds. The third kappa shape index (κ3) is 6.90. The minimum atomic E-state index is -0.512. The predicted molar refractivity (Wildman–Crippen MR) is 147 cm³/mol. The molecule has 0 spiro atoms. The Morgan fingerprint density at radius 2 is 1.81 bits per heavy atom. The van der Waals surface area contributed by atoms with Gasteiger partial charge in [0.25, 0.3) is 0 Å². The first-order valence-electron chi connectivity index (χ1n) is 11.8. The highest BCUT2D eigenvalue weighted by atomic mass is 79.9. The van der Waals surface area contributed by atoms with E-state index in [1.807, 2.05) is 92.1 Å². The van der Waals surface area contributed by atoms with Crippen LogP contribution in [0.3, 0.4) is 0 Å². The number of aromatic nitrogens is 3. The molecule has 1 aromatic heterocycles. The Kier molecular flexibility index (Phi) is 8.83. The fourth-order valence-corrected chi connectivity index (χ4v) is 5.24. The van der Waals surface area contributed by atoms with Crippen molar-refractivity contribution in [3.05, 3.63) is 104 Å². The van der Waals surface area contributed by atoms with Gasteiger partial charge in [-0.15, -0.1) is 10.2 Å². The van der Waals surface area contributed by atoms with Crippen molar-refractivity contribution in [3.63, 3.8) is 0 Å². The highest BCUT2D eigenvalue weighted by molar-refractivity contribution is 9.10. The molecular weight excluding hydrogens is 556 g/mol. The molecule has 4 aromatic rings. The van der Waals surface area contributed by atoms with E-state index in [0.29, 0.717) is 35.7 Å². The number of benzene rings is 3. The summed E-state index contributed by atoms with van der Waals surface area (Å²) in [5.41, 5.74) is 3.78. The molecule has 0 aliphatic heterocycles. The SMILES string of the molecule is CCOc1cc([C@H](C[N+](=O)[O-])Sc2nnc(C)n2-c2cccc(C)c2)ccc1OCc1ccc(Br)cc1. The monoisotopic (exact) mass is 582 g/mol. The van der Waals surface area contributed by atoms with Crippen LogP contribution in [0.15, 0.2) is 76.4 Å². The molecule has 1 heterocycles. The second-order valence-electron chi connectivity index (χ2n) is 8.38. The molecule has 1 atom stereocenters. The van der Waals surface area contributed by atoms with Gasteiger partial charge < -0.3 is 9.47 Å². The summed E-state index contributed by atoms with van der Waals surface area (Å²) in [7, 11) is 0. The molecule has 4 rings (SSSR count). The second kappa shape index (κ2) is 12.2. The van der Waals surface area contributed by atoms with Crippen LogP contribution in [0.4, 0.5) is 0 Å². The number of hydrogen-bond acceptors (Lipinski definition) is 7. The Hall–Kier alpha value is -3.37. The van der Waals surface area contributed by atoms with E-state index in [2.05, 4.69) is 26.1 Å². The van der Waals surface area contributed by atoms with Crippen molar-refractivity contribution >= 4 is 27.7 Å². The number of aryl methyl sites for hydroxylation is 2. The number of halogens is 1. The van der Waals surface area contributed by atoms with Crippen molar-refractivity contribution in [2.75, 3.05) is 13.2 Å². The van der Waals surface area contributed by atoms with Crippen LogP contribution in [0.5, 0.6) is 11.5 Å². The quantitative estimate of drug-likeness (QED) is 0.110. The number of nitro groups is 1. The normalized spacial score (nSPS) is 11.8. The fourth-order valence-electron chi connectivity index (χ4n) is 3.81. The molecular formula is C27H27BrN4O4S. The topological polar surface area (TPSA) is 92.3 Å². The zero-order chi connectivity index (χ0) is 26.4. The lowest BCUT2D eigenvalue weighted by Gasteiger charge is -2.17. The smallest absolute Gasteiger partial charge is 0.220 e.